The minimum Gasteiger partial charge on any atom is -0.376 e. The van der Waals surface area contributed by atoms with Gasteiger partial charge in [0.05, 0.1) is 11.0 Å². The van der Waals surface area contributed by atoms with Crippen molar-refractivity contribution in [3.63, 3.8) is 0 Å². The van der Waals surface area contributed by atoms with Crippen LogP contribution in [0.25, 0.3) is 0 Å². The second-order valence-electron chi connectivity index (χ2n) is 7.59. The summed E-state index contributed by atoms with van der Waals surface area (Å²) in [7, 11) is -3.46. The van der Waals surface area contributed by atoms with Crippen molar-refractivity contribution < 1.29 is 13.2 Å². The van der Waals surface area contributed by atoms with Gasteiger partial charge in [0.15, 0.2) is 5.11 Å². The second kappa shape index (κ2) is 9.52. The molecule has 2 aliphatic rings. The molecule has 0 aliphatic carbocycles. The lowest BCUT2D eigenvalue weighted by Crippen LogP contribution is -2.53. The van der Waals surface area contributed by atoms with E-state index in [1.165, 1.54) is 5.56 Å². The highest BCUT2D eigenvalue weighted by Gasteiger charge is 2.29. The van der Waals surface area contributed by atoms with E-state index in [1.807, 2.05) is 17.0 Å². The summed E-state index contributed by atoms with van der Waals surface area (Å²) in [5.41, 5.74) is 1.17. The van der Waals surface area contributed by atoms with Gasteiger partial charge in [-0.05, 0) is 55.1 Å². The summed E-state index contributed by atoms with van der Waals surface area (Å²) in [6.45, 7) is 7.92. The average Bonchev–Trinajstić information content (AvgIpc) is 3.25. The average molecular weight is 426 g/mol. The van der Waals surface area contributed by atoms with E-state index in [0.717, 1.165) is 32.4 Å². The molecule has 6 nitrogen and oxygen atoms in total. The number of hydrogen-bond donors (Lipinski definition) is 1. The fourth-order valence-electron chi connectivity index (χ4n) is 3.60. The SMILES string of the molecule is CC[C@@H](C)c1ccc(S(=O)(=O)N2CCN(C(=S)NC[C@@H]3CCCO3)CC2)cc1. The van der Waals surface area contributed by atoms with E-state index in [9.17, 15) is 8.42 Å². The Labute approximate surface area is 174 Å². The van der Waals surface area contributed by atoms with Crippen molar-refractivity contribution in [1.82, 2.24) is 14.5 Å². The van der Waals surface area contributed by atoms with Crippen molar-refractivity contribution in [2.24, 2.45) is 0 Å². The Bertz CT molecular complexity index is 753. The second-order valence-corrected chi connectivity index (χ2v) is 9.92. The third-order valence-corrected chi connectivity index (χ3v) is 8.05. The third-order valence-electron chi connectivity index (χ3n) is 5.73. The molecule has 2 aliphatic heterocycles. The number of ether oxygens (including phenoxy) is 1. The standard InChI is InChI=1S/C20H31N3O3S2/c1-3-16(2)17-6-8-19(9-7-17)28(24,25)23-12-10-22(11-13-23)20(27)21-15-18-5-4-14-26-18/h6-9,16,18H,3-5,10-15H2,1-2H3,(H,21,27)/t16-,18+/m1/s1. The Morgan fingerprint density at radius 3 is 2.50 bits per heavy atom. The molecular formula is C20H31N3O3S2. The number of piperazine rings is 1. The summed E-state index contributed by atoms with van der Waals surface area (Å²) < 4.78 is 33.1. The smallest absolute Gasteiger partial charge is 0.243 e. The van der Waals surface area contributed by atoms with Crippen LogP contribution in [0, 0.1) is 0 Å². The molecule has 0 unspecified atom stereocenters. The molecule has 1 aromatic carbocycles. The van der Waals surface area contributed by atoms with Gasteiger partial charge in [-0.3, -0.25) is 0 Å². The minimum absolute atomic E-state index is 0.234. The van der Waals surface area contributed by atoms with Gasteiger partial charge in [0.1, 0.15) is 0 Å². The van der Waals surface area contributed by atoms with E-state index in [1.54, 1.807) is 16.4 Å². The molecule has 0 amide bonds. The first-order valence-electron chi connectivity index (χ1n) is 10.2. The Kier molecular flexibility index (Phi) is 7.31. The molecule has 0 aromatic heterocycles. The molecule has 8 heteroatoms. The maximum absolute atomic E-state index is 13.0. The Balaban J connectivity index is 1.53. The fraction of sp³-hybridized carbons (Fsp3) is 0.650. The van der Waals surface area contributed by atoms with Gasteiger partial charge in [-0.25, -0.2) is 8.42 Å². The molecule has 2 atom stereocenters. The number of sulfonamides is 1. The lowest BCUT2D eigenvalue weighted by molar-refractivity contribution is 0.113. The highest BCUT2D eigenvalue weighted by molar-refractivity contribution is 7.89. The van der Waals surface area contributed by atoms with E-state index in [0.29, 0.717) is 42.1 Å². The molecule has 0 spiro atoms. The normalized spacial score (nSPS) is 22.2. The Morgan fingerprint density at radius 1 is 1.25 bits per heavy atom. The van der Waals surface area contributed by atoms with Crippen LogP contribution < -0.4 is 5.32 Å². The van der Waals surface area contributed by atoms with Gasteiger partial charge in [0.25, 0.3) is 0 Å². The summed E-state index contributed by atoms with van der Waals surface area (Å²) in [6, 6.07) is 7.33. The van der Waals surface area contributed by atoms with E-state index >= 15 is 0 Å². The number of nitrogens with zero attached hydrogens (tertiary/aromatic N) is 2. The summed E-state index contributed by atoms with van der Waals surface area (Å²) in [5, 5.41) is 3.95. The molecular weight excluding hydrogens is 394 g/mol. The van der Waals surface area contributed by atoms with E-state index in [4.69, 9.17) is 17.0 Å². The lowest BCUT2D eigenvalue weighted by Gasteiger charge is -2.35. The predicted octanol–water partition coefficient (Wildman–Crippen LogP) is 2.56. The largest absolute Gasteiger partial charge is 0.376 e. The van der Waals surface area contributed by atoms with Crippen molar-refractivity contribution in [2.45, 2.75) is 50.0 Å². The first kappa shape index (κ1) is 21.5. The van der Waals surface area contributed by atoms with Crippen molar-refractivity contribution in [1.29, 1.82) is 0 Å². The number of thiocarbonyl (C=S) groups is 1. The predicted molar refractivity (Wildman–Crippen MR) is 115 cm³/mol. The number of hydrogen-bond acceptors (Lipinski definition) is 4. The van der Waals surface area contributed by atoms with Crippen molar-refractivity contribution in [3.05, 3.63) is 29.8 Å². The minimum atomic E-state index is -3.46. The molecule has 0 saturated carbocycles. The van der Waals surface area contributed by atoms with E-state index in [-0.39, 0.29) is 6.10 Å². The highest BCUT2D eigenvalue weighted by Crippen LogP contribution is 2.23. The zero-order chi connectivity index (χ0) is 20.1. The van der Waals surface area contributed by atoms with Crippen LogP contribution in [0.15, 0.2) is 29.2 Å². The van der Waals surface area contributed by atoms with Crippen LogP contribution >= 0.6 is 12.2 Å². The van der Waals surface area contributed by atoms with Gasteiger partial charge in [-0.15, -0.1) is 0 Å². The maximum atomic E-state index is 13.0. The van der Waals surface area contributed by atoms with Gasteiger partial charge in [0.2, 0.25) is 10.0 Å². The van der Waals surface area contributed by atoms with Crippen LogP contribution in [-0.2, 0) is 14.8 Å². The zero-order valence-electron chi connectivity index (χ0n) is 16.8. The van der Waals surface area contributed by atoms with Crippen LogP contribution in [-0.4, -0.2) is 68.2 Å². The van der Waals surface area contributed by atoms with Crippen LogP contribution in [0.5, 0.6) is 0 Å². The molecule has 0 bridgehead atoms. The molecule has 1 aromatic rings. The van der Waals surface area contributed by atoms with Crippen LogP contribution in [0.3, 0.4) is 0 Å². The van der Waals surface area contributed by atoms with Gasteiger partial charge < -0.3 is 15.0 Å². The molecule has 2 heterocycles. The molecule has 3 rings (SSSR count). The lowest BCUT2D eigenvalue weighted by atomic mass is 9.99. The summed E-state index contributed by atoms with van der Waals surface area (Å²) >= 11 is 5.48. The highest BCUT2D eigenvalue weighted by atomic mass is 32.2. The number of rotatable bonds is 6. The van der Waals surface area contributed by atoms with Crippen LogP contribution in [0.4, 0.5) is 0 Å². The van der Waals surface area contributed by atoms with Gasteiger partial charge >= 0.3 is 0 Å². The van der Waals surface area contributed by atoms with Crippen molar-refractivity contribution in [3.8, 4) is 0 Å². The Morgan fingerprint density at radius 2 is 1.93 bits per heavy atom. The third kappa shape index (κ3) is 5.03. The van der Waals surface area contributed by atoms with Crippen LogP contribution in [0.1, 0.15) is 44.6 Å². The topological polar surface area (TPSA) is 61.9 Å². The van der Waals surface area contributed by atoms with Gasteiger partial charge in [0, 0.05) is 39.3 Å². The van der Waals surface area contributed by atoms with Crippen molar-refractivity contribution in [2.75, 3.05) is 39.3 Å². The summed E-state index contributed by atoms with van der Waals surface area (Å²) in [5.74, 6) is 0.434. The molecule has 156 valence electrons. The summed E-state index contributed by atoms with van der Waals surface area (Å²) in [4.78, 5) is 2.41. The molecule has 2 fully saturated rings. The number of nitrogens with one attached hydrogen (secondary N) is 1. The molecule has 0 radical (unpaired) electrons. The number of benzene rings is 1. The van der Waals surface area contributed by atoms with Gasteiger partial charge in [-0.2, -0.15) is 4.31 Å². The van der Waals surface area contributed by atoms with E-state index in [2.05, 4.69) is 19.2 Å². The zero-order valence-corrected chi connectivity index (χ0v) is 18.4. The molecule has 2 saturated heterocycles. The summed E-state index contributed by atoms with van der Waals surface area (Å²) in [6.07, 6.45) is 3.44. The van der Waals surface area contributed by atoms with E-state index < -0.39 is 10.0 Å². The fourth-order valence-corrected chi connectivity index (χ4v) is 5.29. The monoisotopic (exact) mass is 425 g/mol. The van der Waals surface area contributed by atoms with Gasteiger partial charge in [-0.1, -0.05) is 26.0 Å². The first-order valence-corrected chi connectivity index (χ1v) is 12.0. The first-order chi connectivity index (χ1) is 13.4. The molecule has 28 heavy (non-hydrogen) atoms. The Hall–Kier alpha value is -1.22. The van der Waals surface area contributed by atoms with Crippen LogP contribution in [0.2, 0.25) is 0 Å². The molecule has 1 N–H and O–H groups in total. The maximum Gasteiger partial charge on any atom is 0.243 e. The quantitative estimate of drug-likeness (QED) is 0.707. The van der Waals surface area contributed by atoms with Crippen molar-refractivity contribution >= 4 is 27.4 Å².